The Morgan fingerprint density at radius 3 is 2.46 bits per heavy atom. The molecule has 2 atom stereocenters. The van der Waals surface area contributed by atoms with Crippen molar-refractivity contribution in [3.63, 3.8) is 0 Å². The summed E-state index contributed by atoms with van der Waals surface area (Å²) in [6, 6.07) is 4.75. The average Bonchev–Trinajstić information content (AvgIpc) is 3.31. The molecule has 11 heteroatoms. The Hall–Kier alpha value is -4.02. The van der Waals surface area contributed by atoms with E-state index in [-0.39, 0.29) is 36.5 Å². The number of piperazine rings is 1. The highest BCUT2D eigenvalue weighted by atomic mass is 19.1. The van der Waals surface area contributed by atoms with Gasteiger partial charge in [0.2, 0.25) is 5.91 Å². The van der Waals surface area contributed by atoms with E-state index in [0.717, 1.165) is 0 Å². The molecule has 1 fully saturated rings. The normalized spacial score (nSPS) is 18.5. The number of carbonyl (C=O) groups excluding carboxylic acids is 3. The lowest BCUT2D eigenvalue weighted by Crippen LogP contribution is -2.60. The Bertz CT molecular complexity index is 1280. The van der Waals surface area contributed by atoms with E-state index < -0.39 is 29.1 Å². The molecule has 0 radical (unpaired) electrons. The molecular formula is C24H28FN7O3. The summed E-state index contributed by atoms with van der Waals surface area (Å²) < 4.78 is 13.6. The number of rotatable bonds is 2. The number of halogens is 1. The fourth-order valence-corrected chi connectivity index (χ4v) is 4.24. The zero-order chi connectivity index (χ0) is 25.5. The maximum absolute atomic E-state index is 13.6. The van der Waals surface area contributed by atoms with Crippen LogP contribution in [-0.4, -0.2) is 61.8 Å². The SMILES string of the molecule is C[C@@H]1CN(C(=O)C(=O)Nc2cnc(N)c3cn[nH]c23)[C@@H](c2ccc(F)cc2)CN1C(=O)C(C)(C)C. The van der Waals surface area contributed by atoms with E-state index in [9.17, 15) is 18.8 Å². The first-order valence-corrected chi connectivity index (χ1v) is 11.2. The van der Waals surface area contributed by atoms with Gasteiger partial charge in [-0.1, -0.05) is 32.9 Å². The number of aromatic nitrogens is 3. The Labute approximate surface area is 201 Å². The number of nitrogens with two attached hydrogens (primary N) is 1. The van der Waals surface area contributed by atoms with Crippen molar-refractivity contribution in [2.45, 2.75) is 39.8 Å². The third-order valence-electron chi connectivity index (χ3n) is 6.12. The monoisotopic (exact) mass is 481 g/mol. The van der Waals surface area contributed by atoms with Gasteiger partial charge in [-0.25, -0.2) is 9.37 Å². The molecule has 3 heterocycles. The van der Waals surface area contributed by atoms with E-state index in [2.05, 4.69) is 20.5 Å². The number of aromatic amines is 1. The summed E-state index contributed by atoms with van der Waals surface area (Å²) >= 11 is 0. The number of anilines is 2. The molecule has 1 saturated heterocycles. The minimum absolute atomic E-state index is 0.0664. The van der Waals surface area contributed by atoms with Gasteiger partial charge in [-0.05, 0) is 24.6 Å². The number of nitrogens with one attached hydrogen (secondary N) is 2. The van der Waals surface area contributed by atoms with Crippen LogP contribution in [0, 0.1) is 11.2 Å². The lowest BCUT2D eigenvalue weighted by atomic mass is 9.91. The molecule has 184 valence electrons. The Morgan fingerprint density at radius 1 is 1.11 bits per heavy atom. The number of carbonyl (C=O) groups is 3. The smallest absolute Gasteiger partial charge is 0.314 e. The van der Waals surface area contributed by atoms with Crippen molar-refractivity contribution >= 4 is 40.1 Å². The van der Waals surface area contributed by atoms with E-state index in [4.69, 9.17) is 5.73 Å². The highest BCUT2D eigenvalue weighted by Crippen LogP contribution is 2.32. The number of nitrogens with zero attached hydrogens (tertiary/aromatic N) is 4. The van der Waals surface area contributed by atoms with Crippen LogP contribution in [0.25, 0.3) is 10.9 Å². The van der Waals surface area contributed by atoms with Crippen molar-refractivity contribution in [1.29, 1.82) is 0 Å². The van der Waals surface area contributed by atoms with Gasteiger partial charge < -0.3 is 20.9 Å². The number of H-pyrrole nitrogens is 1. The molecule has 0 unspecified atom stereocenters. The topological polar surface area (TPSA) is 137 Å². The Kier molecular flexibility index (Phi) is 6.18. The van der Waals surface area contributed by atoms with Crippen molar-refractivity contribution < 1.29 is 18.8 Å². The lowest BCUT2D eigenvalue weighted by Gasteiger charge is -2.46. The van der Waals surface area contributed by atoms with Crippen LogP contribution in [0.3, 0.4) is 0 Å². The van der Waals surface area contributed by atoms with E-state index in [0.29, 0.717) is 16.5 Å². The van der Waals surface area contributed by atoms with E-state index in [1.54, 1.807) is 17.0 Å². The summed E-state index contributed by atoms with van der Waals surface area (Å²) in [5.74, 6) is -1.90. The van der Waals surface area contributed by atoms with Crippen molar-refractivity contribution in [3.05, 3.63) is 48.0 Å². The predicted octanol–water partition coefficient (Wildman–Crippen LogP) is 2.46. The zero-order valence-corrected chi connectivity index (χ0v) is 20.0. The van der Waals surface area contributed by atoms with Crippen LogP contribution in [0.15, 0.2) is 36.7 Å². The van der Waals surface area contributed by atoms with Crippen molar-refractivity contribution in [2.24, 2.45) is 5.41 Å². The van der Waals surface area contributed by atoms with Gasteiger partial charge in [-0.15, -0.1) is 0 Å². The fourth-order valence-electron chi connectivity index (χ4n) is 4.24. The van der Waals surface area contributed by atoms with Crippen LogP contribution < -0.4 is 11.1 Å². The molecule has 0 bridgehead atoms. The summed E-state index contributed by atoms with van der Waals surface area (Å²) in [4.78, 5) is 46.7. The number of pyridine rings is 1. The van der Waals surface area contributed by atoms with Gasteiger partial charge in [0.1, 0.15) is 11.6 Å². The highest BCUT2D eigenvalue weighted by Gasteiger charge is 2.41. The first kappa shape index (κ1) is 24.1. The number of amides is 3. The number of fused-ring (bicyclic) bond motifs is 1. The van der Waals surface area contributed by atoms with Crippen LogP contribution in [-0.2, 0) is 14.4 Å². The van der Waals surface area contributed by atoms with Crippen molar-refractivity contribution in [2.75, 3.05) is 24.1 Å². The van der Waals surface area contributed by atoms with E-state index in [1.165, 1.54) is 29.4 Å². The molecule has 3 amide bonds. The minimum Gasteiger partial charge on any atom is -0.383 e. The van der Waals surface area contributed by atoms with Gasteiger partial charge in [0.25, 0.3) is 0 Å². The molecule has 0 saturated carbocycles. The second kappa shape index (κ2) is 8.97. The lowest BCUT2D eigenvalue weighted by molar-refractivity contribution is -0.154. The first-order chi connectivity index (χ1) is 16.5. The standard InChI is InChI=1S/C24H28FN7O3/c1-13-11-32(22(34)21(33)29-17-10-27-20(26)16-9-28-30-19(16)17)18(14-5-7-15(25)8-6-14)12-31(13)23(35)24(2,3)4/h5-10,13,18H,11-12H2,1-4H3,(H2,26,27)(H,28,30)(H,29,33)/t13-,18-/m1/s1. The molecule has 1 aliphatic heterocycles. The van der Waals surface area contributed by atoms with Crippen LogP contribution in [0.5, 0.6) is 0 Å². The molecule has 4 N–H and O–H groups in total. The second-order valence-electron chi connectivity index (χ2n) is 9.75. The molecule has 0 spiro atoms. The number of hydrogen-bond acceptors (Lipinski definition) is 6. The van der Waals surface area contributed by atoms with Gasteiger partial charge in [-0.3, -0.25) is 19.5 Å². The van der Waals surface area contributed by atoms with E-state index >= 15 is 0 Å². The van der Waals surface area contributed by atoms with Gasteiger partial charge >= 0.3 is 11.8 Å². The fraction of sp³-hybridized carbons (Fsp3) is 0.375. The Balaban J connectivity index is 1.63. The quantitative estimate of drug-likeness (QED) is 0.481. The second-order valence-corrected chi connectivity index (χ2v) is 9.75. The number of benzene rings is 1. The molecule has 10 nitrogen and oxygen atoms in total. The maximum Gasteiger partial charge on any atom is 0.314 e. The van der Waals surface area contributed by atoms with Gasteiger partial charge in [0.15, 0.2) is 0 Å². The summed E-state index contributed by atoms with van der Waals surface area (Å²) in [5, 5.41) is 9.77. The van der Waals surface area contributed by atoms with Gasteiger partial charge in [0.05, 0.1) is 35.0 Å². The molecule has 2 aromatic heterocycles. The molecule has 35 heavy (non-hydrogen) atoms. The highest BCUT2D eigenvalue weighted by molar-refractivity contribution is 6.40. The Morgan fingerprint density at radius 2 is 1.80 bits per heavy atom. The van der Waals surface area contributed by atoms with Crippen molar-refractivity contribution in [3.8, 4) is 0 Å². The summed E-state index contributed by atoms with van der Waals surface area (Å²) in [6.07, 6.45) is 2.83. The van der Waals surface area contributed by atoms with Crippen LogP contribution in [0.2, 0.25) is 0 Å². The first-order valence-electron chi connectivity index (χ1n) is 11.2. The van der Waals surface area contributed by atoms with Crippen LogP contribution >= 0.6 is 0 Å². The third kappa shape index (κ3) is 4.66. The van der Waals surface area contributed by atoms with Gasteiger partial charge in [0, 0.05) is 24.5 Å². The number of nitrogen functional groups attached to an aromatic ring is 1. The predicted molar refractivity (Wildman–Crippen MR) is 128 cm³/mol. The third-order valence-corrected chi connectivity index (χ3v) is 6.12. The largest absolute Gasteiger partial charge is 0.383 e. The number of hydrogen-bond donors (Lipinski definition) is 3. The molecule has 1 aliphatic rings. The molecule has 3 aromatic rings. The average molecular weight is 482 g/mol. The minimum atomic E-state index is -0.873. The zero-order valence-electron chi connectivity index (χ0n) is 20.0. The summed E-state index contributed by atoms with van der Waals surface area (Å²) in [5.41, 5.74) is 6.54. The van der Waals surface area contributed by atoms with Crippen molar-refractivity contribution in [1.82, 2.24) is 25.0 Å². The maximum atomic E-state index is 13.6. The van der Waals surface area contributed by atoms with Crippen LogP contribution in [0.1, 0.15) is 39.3 Å². The summed E-state index contributed by atoms with van der Waals surface area (Å²) in [6.45, 7) is 7.64. The summed E-state index contributed by atoms with van der Waals surface area (Å²) in [7, 11) is 0. The van der Waals surface area contributed by atoms with Gasteiger partial charge in [-0.2, -0.15) is 5.10 Å². The molecule has 1 aromatic carbocycles. The molecular weight excluding hydrogens is 453 g/mol. The molecule has 4 rings (SSSR count). The molecule has 0 aliphatic carbocycles. The van der Waals surface area contributed by atoms with E-state index in [1.807, 2.05) is 27.7 Å². The van der Waals surface area contributed by atoms with Crippen LogP contribution in [0.4, 0.5) is 15.9 Å².